The van der Waals surface area contributed by atoms with Gasteiger partial charge >= 0.3 is 0 Å². The van der Waals surface area contributed by atoms with E-state index in [0.717, 1.165) is 27.8 Å². The number of sulfonamides is 1. The summed E-state index contributed by atoms with van der Waals surface area (Å²) in [5, 5.41) is 3.08. The number of nitrogens with one attached hydrogen (secondary N) is 1. The molecule has 0 fully saturated rings. The van der Waals surface area contributed by atoms with Crippen LogP contribution >= 0.6 is 0 Å². The van der Waals surface area contributed by atoms with E-state index in [-0.39, 0.29) is 31.3 Å². The molecule has 3 aromatic carbocycles. The SMILES string of the molecule is Cc1cccc(CN(C(=O)CCCN(c2ccc(C)c(C)c2)S(C)(=O)=O)C(Cc2ccccc2)C(=O)NC(C)(C)C)c1. The van der Waals surface area contributed by atoms with E-state index < -0.39 is 21.6 Å². The lowest BCUT2D eigenvalue weighted by Gasteiger charge is -2.34. The zero-order valence-corrected chi connectivity index (χ0v) is 26.8. The van der Waals surface area contributed by atoms with Gasteiger partial charge in [0.25, 0.3) is 0 Å². The van der Waals surface area contributed by atoms with Crippen LogP contribution in [0, 0.1) is 20.8 Å². The van der Waals surface area contributed by atoms with Crippen molar-refractivity contribution in [2.45, 2.75) is 78.9 Å². The number of rotatable bonds is 12. The van der Waals surface area contributed by atoms with Gasteiger partial charge in [0.15, 0.2) is 0 Å². The zero-order chi connectivity index (χ0) is 31.1. The lowest BCUT2D eigenvalue weighted by molar-refractivity contribution is -0.142. The predicted octanol–water partition coefficient (Wildman–Crippen LogP) is 5.71. The second-order valence-corrected chi connectivity index (χ2v) is 14.1. The molecule has 1 N–H and O–H groups in total. The van der Waals surface area contributed by atoms with Crippen molar-refractivity contribution in [2.75, 3.05) is 17.1 Å². The molecule has 0 aliphatic heterocycles. The molecule has 2 amide bonds. The summed E-state index contributed by atoms with van der Waals surface area (Å²) in [6.45, 7) is 12.1. The quantitative estimate of drug-likeness (QED) is 0.292. The molecule has 8 heteroatoms. The van der Waals surface area contributed by atoms with Gasteiger partial charge in [-0.05, 0) is 82.3 Å². The van der Waals surface area contributed by atoms with E-state index in [9.17, 15) is 18.0 Å². The highest BCUT2D eigenvalue weighted by molar-refractivity contribution is 7.92. The van der Waals surface area contributed by atoms with Crippen molar-refractivity contribution in [1.82, 2.24) is 10.2 Å². The highest BCUT2D eigenvalue weighted by Gasteiger charge is 2.32. The van der Waals surface area contributed by atoms with Crippen LogP contribution in [-0.4, -0.2) is 49.5 Å². The molecule has 0 bridgehead atoms. The van der Waals surface area contributed by atoms with Crippen molar-refractivity contribution in [3.63, 3.8) is 0 Å². The second-order valence-electron chi connectivity index (χ2n) is 12.2. The normalized spacial score (nSPS) is 12.5. The monoisotopic (exact) mass is 591 g/mol. The standard InChI is InChI=1S/C34H45N3O4S/c1-25-13-11-16-29(21-25)24-36(31(33(39)35-34(4,5)6)23-28-14-9-8-10-15-28)32(38)17-12-20-37(42(7,40)41)30-19-18-26(2)27(3)22-30/h8-11,13-16,18-19,21-22,31H,12,17,20,23-24H2,1-7H3,(H,35,39). The summed E-state index contributed by atoms with van der Waals surface area (Å²) in [4.78, 5) is 29.4. The van der Waals surface area contributed by atoms with Crippen LogP contribution in [0.3, 0.4) is 0 Å². The van der Waals surface area contributed by atoms with Crippen molar-refractivity contribution in [1.29, 1.82) is 0 Å². The molecule has 0 radical (unpaired) electrons. The van der Waals surface area contributed by atoms with Crippen molar-refractivity contribution in [3.05, 3.63) is 101 Å². The van der Waals surface area contributed by atoms with Crippen LogP contribution in [0.5, 0.6) is 0 Å². The summed E-state index contributed by atoms with van der Waals surface area (Å²) < 4.78 is 26.8. The number of hydrogen-bond donors (Lipinski definition) is 1. The number of aryl methyl sites for hydroxylation is 3. The van der Waals surface area contributed by atoms with Crippen molar-refractivity contribution < 1.29 is 18.0 Å². The van der Waals surface area contributed by atoms with E-state index in [1.165, 1.54) is 10.6 Å². The summed E-state index contributed by atoms with van der Waals surface area (Å²) >= 11 is 0. The molecule has 3 rings (SSSR count). The molecule has 3 aromatic rings. The lowest BCUT2D eigenvalue weighted by atomic mass is 10.00. The molecule has 42 heavy (non-hydrogen) atoms. The van der Waals surface area contributed by atoms with Crippen LogP contribution in [-0.2, 0) is 32.6 Å². The molecule has 1 unspecified atom stereocenters. The van der Waals surface area contributed by atoms with Gasteiger partial charge in [-0.2, -0.15) is 0 Å². The highest BCUT2D eigenvalue weighted by Crippen LogP contribution is 2.23. The minimum absolute atomic E-state index is 0.0940. The van der Waals surface area contributed by atoms with E-state index >= 15 is 0 Å². The largest absolute Gasteiger partial charge is 0.350 e. The molecule has 0 aromatic heterocycles. The summed E-state index contributed by atoms with van der Waals surface area (Å²) in [6, 6.07) is 22.4. The third kappa shape index (κ3) is 9.72. The maximum absolute atomic E-state index is 14.0. The van der Waals surface area contributed by atoms with Gasteiger partial charge < -0.3 is 10.2 Å². The van der Waals surface area contributed by atoms with Gasteiger partial charge in [-0.1, -0.05) is 66.2 Å². The van der Waals surface area contributed by atoms with Gasteiger partial charge in [0.05, 0.1) is 11.9 Å². The van der Waals surface area contributed by atoms with E-state index in [1.807, 2.05) is 108 Å². The molecular weight excluding hydrogens is 546 g/mol. The number of hydrogen-bond acceptors (Lipinski definition) is 4. The fourth-order valence-corrected chi connectivity index (χ4v) is 5.86. The van der Waals surface area contributed by atoms with Crippen LogP contribution in [0.15, 0.2) is 72.8 Å². The first kappa shape index (κ1) is 32.9. The summed E-state index contributed by atoms with van der Waals surface area (Å²) in [6.07, 6.45) is 1.94. The molecule has 0 heterocycles. The van der Waals surface area contributed by atoms with Gasteiger partial charge in [0.1, 0.15) is 6.04 Å². The molecule has 0 spiro atoms. The number of anilines is 1. The topological polar surface area (TPSA) is 86.8 Å². The Morgan fingerprint density at radius 3 is 2.12 bits per heavy atom. The first-order valence-corrected chi connectivity index (χ1v) is 16.2. The molecule has 7 nitrogen and oxygen atoms in total. The van der Waals surface area contributed by atoms with Crippen LogP contribution in [0.25, 0.3) is 0 Å². The van der Waals surface area contributed by atoms with Crippen LogP contribution in [0.4, 0.5) is 5.69 Å². The first-order chi connectivity index (χ1) is 19.6. The molecule has 0 aliphatic rings. The van der Waals surface area contributed by atoms with Crippen LogP contribution < -0.4 is 9.62 Å². The Morgan fingerprint density at radius 1 is 0.857 bits per heavy atom. The third-order valence-corrected chi connectivity index (χ3v) is 8.33. The smallest absolute Gasteiger partial charge is 0.243 e. The molecule has 1 atom stereocenters. The molecule has 0 saturated carbocycles. The second kappa shape index (κ2) is 14.0. The van der Waals surface area contributed by atoms with Gasteiger partial charge in [0.2, 0.25) is 21.8 Å². The Morgan fingerprint density at radius 2 is 1.52 bits per heavy atom. The Hall–Kier alpha value is -3.65. The lowest BCUT2D eigenvalue weighted by Crippen LogP contribution is -2.54. The predicted molar refractivity (Wildman–Crippen MR) is 171 cm³/mol. The maximum Gasteiger partial charge on any atom is 0.243 e. The molecule has 226 valence electrons. The van der Waals surface area contributed by atoms with E-state index in [2.05, 4.69) is 5.32 Å². The summed E-state index contributed by atoms with van der Waals surface area (Å²) in [5.74, 6) is -0.421. The number of benzene rings is 3. The Balaban J connectivity index is 1.91. The molecule has 0 aliphatic carbocycles. The molecule has 0 saturated heterocycles. The fraction of sp³-hybridized carbons (Fsp3) is 0.412. The Labute approximate surface area is 252 Å². The average Bonchev–Trinajstić information content (AvgIpc) is 2.89. The van der Waals surface area contributed by atoms with E-state index in [4.69, 9.17) is 0 Å². The van der Waals surface area contributed by atoms with Crippen molar-refractivity contribution in [3.8, 4) is 0 Å². The van der Waals surface area contributed by atoms with Gasteiger partial charge in [-0.15, -0.1) is 0 Å². The average molecular weight is 592 g/mol. The zero-order valence-electron chi connectivity index (χ0n) is 26.0. The van der Waals surface area contributed by atoms with E-state index in [0.29, 0.717) is 18.5 Å². The Kier molecular flexibility index (Phi) is 11.0. The number of carbonyl (C=O) groups is 2. The van der Waals surface area contributed by atoms with Crippen LogP contribution in [0.2, 0.25) is 0 Å². The van der Waals surface area contributed by atoms with Gasteiger partial charge in [-0.25, -0.2) is 8.42 Å². The minimum atomic E-state index is -3.57. The number of carbonyl (C=O) groups excluding carboxylic acids is 2. The summed E-state index contributed by atoms with van der Waals surface area (Å²) in [5.41, 5.74) is 5.12. The molecular formula is C34H45N3O4S. The minimum Gasteiger partial charge on any atom is -0.350 e. The number of amides is 2. The van der Waals surface area contributed by atoms with Crippen molar-refractivity contribution >= 4 is 27.5 Å². The number of nitrogens with zero attached hydrogens (tertiary/aromatic N) is 2. The third-order valence-electron chi connectivity index (χ3n) is 7.14. The van der Waals surface area contributed by atoms with E-state index in [1.54, 1.807) is 11.0 Å². The summed E-state index contributed by atoms with van der Waals surface area (Å²) in [7, 11) is -3.57. The highest BCUT2D eigenvalue weighted by atomic mass is 32.2. The van der Waals surface area contributed by atoms with Crippen LogP contribution in [0.1, 0.15) is 61.4 Å². The van der Waals surface area contributed by atoms with Crippen molar-refractivity contribution in [2.24, 2.45) is 0 Å². The Bertz CT molecular complexity index is 1480. The van der Waals surface area contributed by atoms with Gasteiger partial charge in [-0.3, -0.25) is 13.9 Å². The first-order valence-electron chi connectivity index (χ1n) is 14.4. The maximum atomic E-state index is 14.0. The van der Waals surface area contributed by atoms with Gasteiger partial charge in [0, 0.05) is 31.5 Å². The fourth-order valence-electron chi connectivity index (χ4n) is 4.90.